The molecular weight excluding hydrogens is 290 g/mol. The first-order chi connectivity index (χ1) is 9.90. The lowest BCUT2D eigenvalue weighted by Crippen LogP contribution is -2.48. The van der Waals surface area contributed by atoms with Gasteiger partial charge in [0.15, 0.2) is 5.60 Å². The Morgan fingerprint density at radius 3 is 2.81 bits per heavy atom. The van der Waals surface area contributed by atoms with E-state index in [0.29, 0.717) is 13.1 Å². The van der Waals surface area contributed by atoms with Gasteiger partial charge in [0, 0.05) is 25.8 Å². The van der Waals surface area contributed by atoms with Gasteiger partial charge in [0.1, 0.15) is 5.76 Å². The minimum absolute atomic E-state index is 0.140. The molecule has 6 heteroatoms. The second kappa shape index (κ2) is 6.56. The zero-order valence-corrected chi connectivity index (χ0v) is 13.4. The van der Waals surface area contributed by atoms with Crippen molar-refractivity contribution >= 4 is 23.6 Å². The molecule has 116 valence electrons. The van der Waals surface area contributed by atoms with E-state index in [-0.39, 0.29) is 11.2 Å². The van der Waals surface area contributed by atoms with Crippen LogP contribution in [0.5, 0.6) is 0 Å². The van der Waals surface area contributed by atoms with Crippen LogP contribution in [0.4, 0.5) is 0 Å². The van der Waals surface area contributed by atoms with Gasteiger partial charge in [0.25, 0.3) is 5.91 Å². The molecule has 0 bridgehead atoms. The summed E-state index contributed by atoms with van der Waals surface area (Å²) in [5.41, 5.74) is -1.11. The Morgan fingerprint density at radius 2 is 2.19 bits per heavy atom. The van der Waals surface area contributed by atoms with Gasteiger partial charge >= 0.3 is 5.97 Å². The van der Waals surface area contributed by atoms with Crippen LogP contribution in [0.25, 0.3) is 0 Å². The summed E-state index contributed by atoms with van der Waals surface area (Å²) in [4.78, 5) is 25.4. The van der Waals surface area contributed by atoms with Crippen molar-refractivity contribution in [1.82, 2.24) is 4.90 Å². The number of furan rings is 1. The molecule has 1 aliphatic rings. The molecule has 1 aliphatic heterocycles. The van der Waals surface area contributed by atoms with E-state index in [1.807, 2.05) is 12.1 Å². The number of carbonyl (C=O) groups is 2. The Hall–Kier alpha value is -1.43. The molecule has 1 amide bonds. The summed E-state index contributed by atoms with van der Waals surface area (Å²) < 4.78 is 10.6. The minimum Gasteiger partial charge on any atom is -0.468 e. The zero-order valence-electron chi connectivity index (χ0n) is 12.6. The number of carbonyl (C=O) groups excluding carboxylic acids is 2. The molecule has 1 aromatic heterocycles. The van der Waals surface area contributed by atoms with Crippen LogP contribution >= 0.6 is 11.8 Å². The topological polar surface area (TPSA) is 59.8 Å². The van der Waals surface area contributed by atoms with Crippen molar-refractivity contribution in [3.63, 3.8) is 0 Å². The molecule has 0 spiro atoms. The van der Waals surface area contributed by atoms with E-state index >= 15 is 0 Å². The highest BCUT2D eigenvalue weighted by Gasteiger charge is 2.36. The van der Waals surface area contributed by atoms with Crippen molar-refractivity contribution < 1.29 is 18.7 Å². The molecule has 0 saturated carbocycles. The summed E-state index contributed by atoms with van der Waals surface area (Å²) in [6.07, 6.45) is 2.51. The third-order valence-electron chi connectivity index (χ3n) is 3.40. The van der Waals surface area contributed by atoms with Crippen LogP contribution in [0.3, 0.4) is 0 Å². The molecule has 1 unspecified atom stereocenters. The average Bonchev–Trinajstić information content (AvgIpc) is 2.81. The highest BCUT2D eigenvalue weighted by molar-refractivity contribution is 7.99. The number of esters is 1. The molecule has 0 aromatic carbocycles. The first-order valence-corrected chi connectivity index (χ1v) is 8.09. The fraction of sp³-hybridized carbons (Fsp3) is 0.600. The number of ether oxygens (including phenoxy) is 1. The molecular formula is C15H21NO4S. The molecule has 2 heterocycles. The van der Waals surface area contributed by atoms with E-state index in [1.165, 1.54) is 6.92 Å². The SMILES string of the molecule is CC(=O)OC(C)(C)C(=O)N1CCSC(c2ccco2)CC1. The Bertz CT molecular complexity index is 498. The molecule has 1 atom stereocenters. The minimum atomic E-state index is -1.11. The van der Waals surface area contributed by atoms with E-state index in [2.05, 4.69) is 0 Å². The summed E-state index contributed by atoms with van der Waals surface area (Å²) in [6.45, 7) is 5.89. The van der Waals surface area contributed by atoms with Crippen LogP contribution in [0, 0.1) is 0 Å². The second-order valence-electron chi connectivity index (χ2n) is 5.56. The van der Waals surface area contributed by atoms with Crippen LogP contribution in [0.2, 0.25) is 0 Å². The number of hydrogen-bond acceptors (Lipinski definition) is 5. The Balaban J connectivity index is 1.99. The fourth-order valence-electron chi connectivity index (χ4n) is 2.46. The van der Waals surface area contributed by atoms with Crippen molar-refractivity contribution in [2.75, 3.05) is 18.8 Å². The van der Waals surface area contributed by atoms with Gasteiger partial charge in [-0.1, -0.05) is 0 Å². The summed E-state index contributed by atoms with van der Waals surface area (Å²) in [5.74, 6) is 1.21. The first-order valence-electron chi connectivity index (χ1n) is 7.04. The highest BCUT2D eigenvalue weighted by atomic mass is 32.2. The van der Waals surface area contributed by atoms with Crippen molar-refractivity contribution in [1.29, 1.82) is 0 Å². The van der Waals surface area contributed by atoms with Gasteiger partial charge in [-0.05, 0) is 32.4 Å². The molecule has 0 aliphatic carbocycles. The van der Waals surface area contributed by atoms with Gasteiger partial charge < -0.3 is 14.1 Å². The number of nitrogens with zero attached hydrogens (tertiary/aromatic N) is 1. The van der Waals surface area contributed by atoms with Crippen LogP contribution in [-0.4, -0.2) is 41.2 Å². The van der Waals surface area contributed by atoms with E-state index < -0.39 is 11.6 Å². The Morgan fingerprint density at radius 1 is 1.43 bits per heavy atom. The Labute approximate surface area is 129 Å². The predicted octanol–water partition coefficient (Wildman–Crippen LogP) is 2.63. The maximum absolute atomic E-state index is 12.5. The number of amides is 1. The van der Waals surface area contributed by atoms with Crippen LogP contribution < -0.4 is 0 Å². The van der Waals surface area contributed by atoms with Crippen LogP contribution in [0.1, 0.15) is 38.2 Å². The second-order valence-corrected chi connectivity index (χ2v) is 6.87. The van der Waals surface area contributed by atoms with E-state index in [1.54, 1.807) is 36.8 Å². The van der Waals surface area contributed by atoms with Crippen LogP contribution in [0.15, 0.2) is 22.8 Å². The summed E-state index contributed by atoms with van der Waals surface area (Å²) in [7, 11) is 0. The smallest absolute Gasteiger partial charge is 0.303 e. The third-order valence-corrected chi connectivity index (χ3v) is 4.69. The quantitative estimate of drug-likeness (QED) is 0.803. The lowest BCUT2D eigenvalue weighted by Gasteiger charge is -2.30. The molecule has 5 nitrogen and oxygen atoms in total. The van der Waals surface area contributed by atoms with Gasteiger partial charge in [-0.25, -0.2) is 0 Å². The number of rotatable bonds is 3. The van der Waals surface area contributed by atoms with E-state index in [4.69, 9.17) is 9.15 Å². The average molecular weight is 311 g/mol. The van der Waals surface area contributed by atoms with Crippen molar-refractivity contribution in [2.45, 2.75) is 38.0 Å². The van der Waals surface area contributed by atoms with E-state index in [9.17, 15) is 9.59 Å². The molecule has 1 aromatic rings. The molecule has 2 rings (SSSR count). The molecule has 21 heavy (non-hydrogen) atoms. The summed E-state index contributed by atoms with van der Waals surface area (Å²) in [5, 5.41) is 0.273. The fourth-order valence-corrected chi connectivity index (χ4v) is 3.64. The normalized spacial score (nSPS) is 20.0. The molecule has 1 saturated heterocycles. The van der Waals surface area contributed by atoms with Crippen molar-refractivity contribution in [3.05, 3.63) is 24.2 Å². The standard InChI is InChI=1S/C15H21NO4S/c1-11(17)20-15(2,3)14(18)16-7-6-13(21-10-8-16)12-5-4-9-19-12/h4-5,9,13H,6-8,10H2,1-3H3. The maximum atomic E-state index is 12.5. The lowest BCUT2D eigenvalue weighted by atomic mass is 10.1. The molecule has 0 N–H and O–H groups in total. The van der Waals surface area contributed by atoms with Gasteiger partial charge in [-0.3, -0.25) is 9.59 Å². The zero-order chi connectivity index (χ0) is 15.5. The summed E-state index contributed by atoms with van der Waals surface area (Å²) >= 11 is 1.79. The van der Waals surface area contributed by atoms with Gasteiger partial charge in [-0.2, -0.15) is 0 Å². The van der Waals surface area contributed by atoms with Crippen molar-refractivity contribution in [2.24, 2.45) is 0 Å². The van der Waals surface area contributed by atoms with Crippen LogP contribution in [-0.2, 0) is 14.3 Å². The monoisotopic (exact) mass is 311 g/mol. The predicted molar refractivity (Wildman–Crippen MR) is 80.9 cm³/mol. The number of thioether (sulfide) groups is 1. The molecule has 0 radical (unpaired) electrons. The number of hydrogen-bond donors (Lipinski definition) is 0. The van der Waals surface area contributed by atoms with Gasteiger partial charge in [0.05, 0.1) is 11.5 Å². The first kappa shape index (κ1) is 15.9. The van der Waals surface area contributed by atoms with Gasteiger partial charge in [0.2, 0.25) is 0 Å². The largest absolute Gasteiger partial charge is 0.468 e. The van der Waals surface area contributed by atoms with Gasteiger partial charge in [-0.15, -0.1) is 11.8 Å². The third kappa shape index (κ3) is 4.03. The highest BCUT2D eigenvalue weighted by Crippen LogP contribution is 2.35. The van der Waals surface area contributed by atoms with E-state index in [0.717, 1.165) is 17.9 Å². The molecule has 1 fully saturated rings. The summed E-state index contributed by atoms with van der Waals surface area (Å²) in [6, 6.07) is 3.85. The van der Waals surface area contributed by atoms with Crippen molar-refractivity contribution in [3.8, 4) is 0 Å². The maximum Gasteiger partial charge on any atom is 0.303 e. The lowest BCUT2D eigenvalue weighted by molar-refractivity contribution is -0.168. The Kier molecular flexibility index (Phi) is 4.98.